The fraction of sp³-hybridized carbons (Fsp3) is 0.235. The molecule has 0 aliphatic rings. The van der Waals surface area contributed by atoms with E-state index in [0.717, 1.165) is 14.9 Å². The highest BCUT2D eigenvalue weighted by Crippen LogP contribution is 2.23. The highest BCUT2D eigenvalue weighted by atomic mass is 79.9. The van der Waals surface area contributed by atoms with Crippen molar-refractivity contribution in [3.63, 3.8) is 0 Å². The Balaban J connectivity index is 2.07. The van der Waals surface area contributed by atoms with Crippen LogP contribution in [0.4, 0.5) is 11.4 Å². The van der Waals surface area contributed by atoms with E-state index in [1.54, 1.807) is 19.1 Å². The average molecular weight is 393 g/mol. The summed E-state index contributed by atoms with van der Waals surface area (Å²) in [5.41, 5.74) is 1.20. The molecule has 1 unspecified atom stereocenters. The molecule has 2 atom stereocenters. The van der Waals surface area contributed by atoms with Gasteiger partial charge in [0.05, 0.1) is 12.0 Å². The summed E-state index contributed by atoms with van der Waals surface area (Å²) in [6, 6.07) is 13.6. The van der Waals surface area contributed by atoms with Crippen molar-refractivity contribution in [1.82, 2.24) is 0 Å². The molecule has 0 aliphatic heterocycles. The number of hydrogen-bond acceptors (Lipinski definition) is 3. The van der Waals surface area contributed by atoms with E-state index < -0.39 is 4.92 Å². The van der Waals surface area contributed by atoms with Gasteiger partial charge in [-0.3, -0.25) is 14.9 Å². The third-order valence-corrected chi connectivity index (χ3v) is 4.69. The Morgan fingerprint density at radius 3 is 2.54 bits per heavy atom. The number of carbonyl (C=O) groups excluding carboxylic acids is 1. The second-order valence-electron chi connectivity index (χ2n) is 5.60. The topological polar surface area (TPSA) is 76.7 Å². The third kappa shape index (κ3) is 4.39. The van der Waals surface area contributed by atoms with Gasteiger partial charge < -0.3 is 10.2 Å². The molecule has 2 aromatic carbocycles. The molecule has 1 amide bonds. The number of benzene rings is 2. The second kappa shape index (κ2) is 8.03. The summed E-state index contributed by atoms with van der Waals surface area (Å²) < 4.78 is 0.996. The van der Waals surface area contributed by atoms with Gasteiger partial charge in [-0.15, -0.1) is 0 Å². The molecule has 2 N–H and O–H groups in total. The van der Waals surface area contributed by atoms with Gasteiger partial charge in [0.15, 0.2) is 6.04 Å². The number of carbonyl (C=O) groups is 1. The van der Waals surface area contributed by atoms with Crippen molar-refractivity contribution in [2.24, 2.45) is 0 Å². The third-order valence-electron chi connectivity index (χ3n) is 3.92. The number of nitro groups is 1. The van der Waals surface area contributed by atoms with Crippen LogP contribution in [0.25, 0.3) is 0 Å². The standard InChI is InChI=1S/C17H18BrN3O3/c1-12(20(2)11-13-7-3-4-8-14(13)18)17(22)19-15-9-5-6-10-16(15)21(23)24/h3-10,12H,11H2,1-2H3,(H,19,22)/p+1/t12-/m0/s1. The Kier molecular flexibility index (Phi) is 6.05. The monoisotopic (exact) mass is 392 g/mol. The van der Waals surface area contributed by atoms with E-state index in [9.17, 15) is 14.9 Å². The lowest BCUT2D eigenvalue weighted by molar-refractivity contribution is -0.907. The summed E-state index contributed by atoms with van der Waals surface area (Å²) in [6.07, 6.45) is 0. The lowest BCUT2D eigenvalue weighted by Gasteiger charge is -2.21. The summed E-state index contributed by atoms with van der Waals surface area (Å²) in [6.45, 7) is 2.46. The van der Waals surface area contributed by atoms with E-state index in [1.807, 2.05) is 31.3 Å². The number of nitrogens with zero attached hydrogens (tertiary/aromatic N) is 1. The van der Waals surface area contributed by atoms with Crippen LogP contribution in [0.2, 0.25) is 0 Å². The fourth-order valence-corrected chi connectivity index (χ4v) is 2.72. The number of likely N-dealkylation sites (N-methyl/N-ethyl adjacent to an activating group) is 1. The Hall–Kier alpha value is -2.25. The van der Waals surface area contributed by atoms with Gasteiger partial charge in [-0.2, -0.15) is 0 Å². The largest absolute Gasteiger partial charge is 0.324 e. The summed E-state index contributed by atoms with van der Waals surface area (Å²) >= 11 is 3.50. The number of para-hydroxylation sites is 2. The molecule has 0 fully saturated rings. The number of nitrogens with one attached hydrogen (secondary N) is 2. The minimum absolute atomic E-state index is 0.110. The molecule has 6 nitrogen and oxygen atoms in total. The molecule has 0 radical (unpaired) electrons. The van der Waals surface area contributed by atoms with E-state index in [2.05, 4.69) is 21.2 Å². The van der Waals surface area contributed by atoms with E-state index in [4.69, 9.17) is 0 Å². The van der Waals surface area contributed by atoms with Gasteiger partial charge in [0.2, 0.25) is 0 Å². The Labute approximate surface area is 148 Å². The van der Waals surface area contributed by atoms with Crippen LogP contribution >= 0.6 is 15.9 Å². The van der Waals surface area contributed by atoms with Gasteiger partial charge in [-0.1, -0.05) is 46.3 Å². The molecule has 7 heteroatoms. The molecule has 0 bridgehead atoms. The normalized spacial score (nSPS) is 13.1. The van der Waals surface area contributed by atoms with Crippen molar-refractivity contribution < 1.29 is 14.6 Å². The number of amides is 1. The first-order valence-electron chi connectivity index (χ1n) is 7.50. The molecule has 0 saturated heterocycles. The average Bonchev–Trinajstić information content (AvgIpc) is 2.56. The van der Waals surface area contributed by atoms with Crippen molar-refractivity contribution >= 4 is 33.2 Å². The van der Waals surface area contributed by atoms with Crippen molar-refractivity contribution in [3.05, 3.63) is 68.7 Å². The summed E-state index contributed by atoms with van der Waals surface area (Å²) in [5, 5.41) is 13.7. The summed E-state index contributed by atoms with van der Waals surface area (Å²) in [4.78, 5) is 23.9. The maximum atomic E-state index is 12.4. The van der Waals surface area contributed by atoms with Crippen LogP contribution in [0.15, 0.2) is 53.0 Å². The number of rotatable bonds is 6. The summed E-state index contributed by atoms with van der Waals surface area (Å²) in [7, 11) is 1.92. The van der Waals surface area contributed by atoms with Crippen LogP contribution < -0.4 is 10.2 Å². The molecule has 0 aromatic heterocycles. The first-order valence-corrected chi connectivity index (χ1v) is 8.29. The molecule has 2 aromatic rings. The number of quaternary nitrogens is 1. The minimum atomic E-state index is -0.502. The lowest BCUT2D eigenvalue weighted by atomic mass is 10.2. The molecule has 0 saturated carbocycles. The molecule has 0 aliphatic carbocycles. The van der Waals surface area contributed by atoms with Crippen LogP contribution in [0, 0.1) is 10.1 Å². The maximum absolute atomic E-state index is 12.4. The zero-order chi connectivity index (χ0) is 17.7. The van der Waals surface area contributed by atoms with E-state index in [-0.39, 0.29) is 23.3 Å². The second-order valence-corrected chi connectivity index (χ2v) is 6.45. The van der Waals surface area contributed by atoms with Gasteiger partial charge in [-0.05, 0) is 19.1 Å². The highest BCUT2D eigenvalue weighted by molar-refractivity contribution is 9.10. The Morgan fingerprint density at radius 2 is 1.88 bits per heavy atom. The predicted molar refractivity (Wildman–Crippen MR) is 95.9 cm³/mol. The molecular weight excluding hydrogens is 374 g/mol. The van der Waals surface area contributed by atoms with E-state index in [1.165, 1.54) is 12.1 Å². The zero-order valence-electron chi connectivity index (χ0n) is 13.5. The molecular formula is C17H19BrN3O3+. The molecule has 0 spiro atoms. The van der Waals surface area contributed by atoms with Crippen LogP contribution in [0.5, 0.6) is 0 Å². The molecule has 126 valence electrons. The number of anilines is 1. The van der Waals surface area contributed by atoms with Gasteiger partial charge >= 0.3 is 0 Å². The smallest absolute Gasteiger partial charge is 0.292 e. The van der Waals surface area contributed by atoms with Gasteiger partial charge in [0.1, 0.15) is 12.2 Å². The molecule has 0 heterocycles. The fourth-order valence-electron chi connectivity index (χ4n) is 2.30. The van der Waals surface area contributed by atoms with Gasteiger partial charge in [-0.25, -0.2) is 0 Å². The molecule has 2 rings (SSSR count). The van der Waals surface area contributed by atoms with Crippen LogP contribution in [0.1, 0.15) is 12.5 Å². The number of nitro benzene ring substituents is 1. The maximum Gasteiger partial charge on any atom is 0.292 e. The lowest BCUT2D eigenvalue weighted by Crippen LogP contribution is -3.12. The highest BCUT2D eigenvalue weighted by Gasteiger charge is 2.25. The Morgan fingerprint density at radius 1 is 1.25 bits per heavy atom. The van der Waals surface area contributed by atoms with Crippen LogP contribution in [-0.4, -0.2) is 23.9 Å². The van der Waals surface area contributed by atoms with Crippen molar-refractivity contribution in [1.29, 1.82) is 0 Å². The van der Waals surface area contributed by atoms with E-state index >= 15 is 0 Å². The molecule has 24 heavy (non-hydrogen) atoms. The predicted octanol–water partition coefficient (Wildman–Crippen LogP) is 2.40. The van der Waals surface area contributed by atoms with Crippen molar-refractivity contribution in [2.45, 2.75) is 19.5 Å². The Bertz CT molecular complexity index is 751. The SMILES string of the molecule is C[C@@H](C(=O)Nc1ccccc1[N+](=O)[O-])[NH+](C)Cc1ccccc1Br. The van der Waals surface area contributed by atoms with Crippen molar-refractivity contribution in [3.8, 4) is 0 Å². The minimum Gasteiger partial charge on any atom is -0.324 e. The van der Waals surface area contributed by atoms with Crippen LogP contribution in [-0.2, 0) is 11.3 Å². The van der Waals surface area contributed by atoms with Crippen molar-refractivity contribution in [2.75, 3.05) is 12.4 Å². The first kappa shape index (κ1) is 18.1. The van der Waals surface area contributed by atoms with Crippen LogP contribution in [0.3, 0.4) is 0 Å². The summed E-state index contributed by atoms with van der Waals surface area (Å²) in [5.74, 6) is -0.256. The van der Waals surface area contributed by atoms with Gasteiger partial charge in [0, 0.05) is 16.1 Å². The van der Waals surface area contributed by atoms with Gasteiger partial charge in [0.25, 0.3) is 11.6 Å². The number of hydrogen-bond donors (Lipinski definition) is 2. The number of halogens is 1. The zero-order valence-corrected chi connectivity index (χ0v) is 15.0. The first-order chi connectivity index (χ1) is 11.4. The van der Waals surface area contributed by atoms with E-state index in [0.29, 0.717) is 6.54 Å². The quantitative estimate of drug-likeness (QED) is 0.585.